The fraction of sp³-hybridized carbons (Fsp3) is 0.0769. The summed E-state index contributed by atoms with van der Waals surface area (Å²) in [6.07, 6.45) is 0. The quantitative estimate of drug-likeness (QED) is 0.358. The largest absolute Gasteiger partial charge is 0.219 e. The summed E-state index contributed by atoms with van der Waals surface area (Å²) >= 11 is 0. The van der Waals surface area contributed by atoms with E-state index in [2.05, 4.69) is 0 Å². The first-order chi connectivity index (χ1) is 16.4. The Hall–Kier alpha value is -3.27. The van der Waals surface area contributed by atoms with Crippen LogP contribution in [0.15, 0.2) is 126 Å². The van der Waals surface area contributed by atoms with Crippen LogP contribution >= 0.6 is 0 Å². The zero-order valence-corrected chi connectivity index (χ0v) is 21.4. The van der Waals surface area contributed by atoms with E-state index in [0.717, 1.165) is 11.1 Å². The van der Waals surface area contributed by atoms with Crippen molar-refractivity contribution < 1.29 is 25.3 Å². The van der Waals surface area contributed by atoms with E-state index in [1.165, 1.54) is 72.8 Å². The summed E-state index contributed by atoms with van der Waals surface area (Å²) in [5, 5.41) is 0. The van der Waals surface area contributed by atoms with Gasteiger partial charge in [-0.15, -0.1) is 0 Å². The van der Waals surface area contributed by atoms with Crippen LogP contribution < -0.4 is 0 Å². The van der Waals surface area contributed by atoms with Gasteiger partial charge in [-0.25, -0.2) is 25.3 Å². The lowest BCUT2D eigenvalue weighted by Gasteiger charge is -2.09. The van der Waals surface area contributed by atoms with E-state index in [9.17, 15) is 25.3 Å². The van der Waals surface area contributed by atoms with Gasteiger partial charge >= 0.3 is 0 Å². The summed E-state index contributed by atoms with van der Waals surface area (Å²) in [5.41, 5.74) is 1.84. The summed E-state index contributed by atoms with van der Waals surface area (Å²) in [6, 6.07) is 22.7. The Labute approximate surface area is 205 Å². The first kappa shape index (κ1) is 24.8. The number of hydrogen-bond acceptors (Lipinski definition) is 6. The highest BCUT2D eigenvalue weighted by molar-refractivity contribution is 7.92. The standard InChI is InChI=1S/C26H22O6S3/c1-19-3-7-21(8-4-19)33(27,28)23-11-15-25(16-12-23)35(31,32)26-17-13-24(14-18-26)34(29,30)22-9-5-20(2)6-10-22/h3-18H,1-2H3. The summed E-state index contributed by atoms with van der Waals surface area (Å²) in [6.45, 7) is 3.70. The lowest BCUT2D eigenvalue weighted by molar-refractivity contribution is 0.591. The van der Waals surface area contributed by atoms with Gasteiger partial charge in [-0.3, -0.25) is 0 Å². The normalized spacial score (nSPS) is 12.4. The Kier molecular flexibility index (Phi) is 6.44. The zero-order valence-electron chi connectivity index (χ0n) is 18.9. The van der Waals surface area contributed by atoms with Crippen molar-refractivity contribution in [3.05, 3.63) is 108 Å². The Morgan fingerprint density at radius 1 is 0.314 bits per heavy atom. The van der Waals surface area contributed by atoms with Crippen LogP contribution in [-0.2, 0) is 29.5 Å². The molecule has 0 saturated heterocycles. The van der Waals surface area contributed by atoms with Crippen molar-refractivity contribution in [3.8, 4) is 0 Å². The van der Waals surface area contributed by atoms with Gasteiger partial charge in [-0.1, -0.05) is 35.4 Å². The molecule has 0 aliphatic heterocycles. The van der Waals surface area contributed by atoms with Crippen molar-refractivity contribution in [2.75, 3.05) is 0 Å². The summed E-state index contributed by atoms with van der Waals surface area (Å²) in [5.74, 6) is 0. The number of benzene rings is 4. The lowest BCUT2D eigenvalue weighted by Crippen LogP contribution is -2.06. The third kappa shape index (κ3) is 4.80. The van der Waals surface area contributed by atoms with Gasteiger partial charge in [-0.05, 0) is 86.6 Å². The number of rotatable bonds is 6. The summed E-state index contributed by atoms with van der Waals surface area (Å²) < 4.78 is 77.5. The maximum absolute atomic E-state index is 13.1. The second kappa shape index (κ2) is 9.07. The van der Waals surface area contributed by atoms with Crippen LogP contribution in [0.5, 0.6) is 0 Å². The molecule has 0 aliphatic rings. The highest BCUT2D eigenvalue weighted by Crippen LogP contribution is 2.28. The second-order valence-corrected chi connectivity index (χ2v) is 13.9. The minimum atomic E-state index is -3.99. The molecule has 0 spiro atoms. The van der Waals surface area contributed by atoms with Crippen molar-refractivity contribution in [2.24, 2.45) is 0 Å². The molecule has 0 aromatic heterocycles. The molecule has 35 heavy (non-hydrogen) atoms. The van der Waals surface area contributed by atoms with E-state index in [4.69, 9.17) is 0 Å². The molecule has 0 radical (unpaired) electrons. The van der Waals surface area contributed by atoms with Gasteiger partial charge in [0.05, 0.1) is 29.4 Å². The second-order valence-electron chi connectivity index (χ2n) is 8.08. The Morgan fingerprint density at radius 2 is 0.457 bits per heavy atom. The van der Waals surface area contributed by atoms with Crippen molar-refractivity contribution >= 4 is 29.5 Å². The van der Waals surface area contributed by atoms with Gasteiger partial charge in [0.2, 0.25) is 29.5 Å². The highest BCUT2D eigenvalue weighted by Gasteiger charge is 2.23. The monoisotopic (exact) mass is 526 g/mol. The maximum Gasteiger partial charge on any atom is 0.206 e. The van der Waals surface area contributed by atoms with E-state index >= 15 is 0 Å². The van der Waals surface area contributed by atoms with Gasteiger partial charge in [0, 0.05) is 0 Å². The molecule has 4 aromatic rings. The van der Waals surface area contributed by atoms with Crippen molar-refractivity contribution in [2.45, 2.75) is 43.2 Å². The maximum atomic E-state index is 13.1. The molecule has 0 amide bonds. The van der Waals surface area contributed by atoms with Crippen molar-refractivity contribution in [3.63, 3.8) is 0 Å². The molecule has 0 atom stereocenters. The Bertz CT molecular complexity index is 1560. The number of aryl methyl sites for hydroxylation is 2. The molecule has 0 N–H and O–H groups in total. The van der Waals surface area contributed by atoms with E-state index in [0.29, 0.717) is 0 Å². The van der Waals surface area contributed by atoms with Gasteiger partial charge in [0.15, 0.2) is 0 Å². The molecule has 4 aromatic carbocycles. The molecule has 0 aliphatic carbocycles. The Morgan fingerprint density at radius 3 is 0.629 bits per heavy atom. The predicted molar refractivity (Wildman–Crippen MR) is 132 cm³/mol. The average molecular weight is 527 g/mol. The predicted octanol–water partition coefficient (Wildman–Crippen LogP) is 4.80. The minimum absolute atomic E-state index is 0.0279. The van der Waals surface area contributed by atoms with E-state index < -0.39 is 29.5 Å². The van der Waals surface area contributed by atoms with E-state index in [-0.39, 0.29) is 29.4 Å². The smallest absolute Gasteiger partial charge is 0.206 e. The van der Waals surface area contributed by atoms with Crippen molar-refractivity contribution in [1.29, 1.82) is 0 Å². The fourth-order valence-electron chi connectivity index (χ4n) is 3.44. The van der Waals surface area contributed by atoms with Crippen LogP contribution in [0.2, 0.25) is 0 Å². The molecular formula is C26H22O6S3. The van der Waals surface area contributed by atoms with Gasteiger partial charge in [0.25, 0.3) is 0 Å². The molecule has 0 heterocycles. The molecular weight excluding hydrogens is 504 g/mol. The summed E-state index contributed by atoms with van der Waals surface area (Å²) in [7, 11) is -11.6. The highest BCUT2D eigenvalue weighted by atomic mass is 32.2. The molecule has 0 bridgehead atoms. The van der Waals surface area contributed by atoms with Gasteiger partial charge < -0.3 is 0 Å². The zero-order chi connectivity index (χ0) is 25.4. The number of hydrogen-bond donors (Lipinski definition) is 0. The van der Waals surface area contributed by atoms with Crippen LogP contribution in [0.25, 0.3) is 0 Å². The third-order valence-electron chi connectivity index (χ3n) is 5.55. The fourth-order valence-corrected chi connectivity index (χ4v) is 7.22. The molecule has 0 fully saturated rings. The molecule has 180 valence electrons. The van der Waals surface area contributed by atoms with E-state index in [1.807, 2.05) is 13.8 Å². The van der Waals surface area contributed by atoms with E-state index in [1.54, 1.807) is 24.3 Å². The topological polar surface area (TPSA) is 102 Å². The summed E-state index contributed by atoms with van der Waals surface area (Å²) in [4.78, 5) is -0.0307. The SMILES string of the molecule is Cc1ccc(S(=O)(=O)c2ccc(S(=O)(=O)c3ccc(S(=O)(=O)c4ccc(C)cc4)cc3)cc2)cc1. The first-order valence-electron chi connectivity index (χ1n) is 10.5. The molecule has 0 unspecified atom stereocenters. The first-order valence-corrected chi connectivity index (χ1v) is 15.0. The van der Waals surface area contributed by atoms with Gasteiger partial charge in [-0.2, -0.15) is 0 Å². The van der Waals surface area contributed by atoms with Crippen LogP contribution in [0, 0.1) is 13.8 Å². The molecule has 0 saturated carbocycles. The van der Waals surface area contributed by atoms with Crippen LogP contribution in [-0.4, -0.2) is 25.3 Å². The average Bonchev–Trinajstić information content (AvgIpc) is 2.85. The van der Waals surface area contributed by atoms with Crippen LogP contribution in [0.1, 0.15) is 11.1 Å². The van der Waals surface area contributed by atoms with Crippen LogP contribution in [0.3, 0.4) is 0 Å². The van der Waals surface area contributed by atoms with Gasteiger partial charge in [0.1, 0.15) is 0 Å². The van der Waals surface area contributed by atoms with Crippen molar-refractivity contribution in [1.82, 2.24) is 0 Å². The molecule has 4 rings (SSSR count). The minimum Gasteiger partial charge on any atom is -0.219 e. The Balaban J connectivity index is 1.62. The third-order valence-corrected chi connectivity index (χ3v) is 10.9. The van der Waals surface area contributed by atoms with Crippen LogP contribution in [0.4, 0.5) is 0 Å². The number of sulfone groups is 3. The lowest BCUT2D eigenvalue weighted by atomic mass is 10.2. The molecule has 6 nitrogen and oxygen atoms in total. The molecule has 9 heteroatoms.